The predicted molar refractivity (Wildman–Crippen MR) is 97.9 cm³/mol. The van der Waals surface area contributed by atoms with Crippen LogP contribution >= 0.6 is 0 Å². The minimum absolute atomic E-state index is 0.0803. The van der Waals surface area contributed by atoms with E-state index in [9.17, 15) is 13.2 Å². The summed E-state index contributed by atoms with van der Waals surface area (Å²) in [5.41, 5.74) is 2.75. The molecule has 0 atom stereocenters. The zero-order chi connectivity index (χ0) is 17.7. The molecule has 0 aliphatic rings. The third-order valence-electron chi connectivity index (χ3n) is 3.54. The van der Waals surface area contributed by atoms with Crippen LogP contribution in [0.2, 0.25) is 0 Å². The molecule has 0 unspecified atom stereocenters. The van der Waals surface area contributed by atoms with Gasteiger partial charge in [0.15, 0.2) is 15.6 Å². The third kappa shape index (κ3) is 4.06. The first-order chi connectivity index (χ1) is 11.3. The fourth-order valence-electron chi connectivity index (χ4n) is 2.45. The van der Waals surface area contributed by atoms with Gasteiger partial charge >= 0.3 is 0 Å². The van der Waals surface area contributed by atoms with Crippen LogP contribution in [0.3, 0.4) is 0 Å². The molecule has 4 nitrogen and oxygen atoms in total. The molecule has 2 aromatic rings. The van der Waals surface area contributed by atoms with Gasteiger partial charge in [-0.15, -0.1) is 0 Å². The van der Waals surface area contributed by atoms with Crippen molar-refractivity contribution in [2.75, 3.05) is 13.3 Å². The maximum atomic E-state index is 12.2. The van der Waals surface area contributed by atoms with Crippen LogP contribution in [0, 0.1) is 0 Å². The van der Waals surface area contributed by atoms with Crippen molar-refractivity contribution in [2.24, 2.45) is 4.99 Å². The quantitative estimate of drug-likeness (QED) is 0.476. The molecule has 0 amide bonds. The lowest BCUT2D eigenvalue weighted by molar-refractivity contribution is -0.111. The topological polar surface area (TPSA) is 63.6 Å². The van der Waals surface area contributed by atoms with E-state index in [4.69, 9.17) is 0 Å². The fraction of sp³-hybridized carbons (Fsp3) is 0.158. The normalized spacial score (nSPS) is 13.0. The van der Waals surface area contributed by atoms with Gasteiger partial charge in [0.05, 0.1) is 4.90 Å². The average molecular weight is 341 g/mol. The van der Waals surface area contributed by atoms with Gasteiger partial charge in [-0.1, -0.05) is 42.5 Å². The minimum atomic E-state index is -3.26. The second kappa shape index (κ2) is 7.36. The Hall–Kier alpha value is -2.53. The Bertz CT molecular complexity index is 893. The second-order valence-electron chi connectivity index (χ2n) is 5.39. The van der Waals surface area contributed by atoms with Gasteiger partial charge < -0.3 is 0 Å². The molecule has 24 heavy (non-hydrogen) atoms. The van der Waals surface area contributed by atoms with Gasteiger partial charge in [-0.2, -0.15) is 0 Å². The van der Waals surface area contributed by atoms with Crippen LogP contribution in [0.15, 0.2) is 64.5 Å². The molecule has 124 valence electrons. The highest BCUT2D eigenvalue weighted by Crippen LogP contribution is 2.27. The van der Waals surface area contributed by atoms with Gasteiger partial charge in [-0.25, -0.2) is 8.42 Å². The summed E-state index contributed by atoms with van der Waals surface area (Å²) in [6, 6.07) is 15.8. The number of carbonyl (C=O) groups excluding carboxylic acids is 1. The van der Waals surface area contributed by atoms with Crippen molar-refractivity contribution in [3.8, 4) is 0 Å². The molecule has 0 aliphatic carbocycles. The monoisotopic (exact) mass is 341 g/mol. The minimum Gasteiger partial charge on any atom is -0.296 e. The van der Waals surface area contributed by atoms with Crippen LogP contribution in [0.5, 0.6) is 0 Å². The number of hydrogen-bond acceptors (Lipinski definition) is 4. The zero-order valence-corrected chi connectivity index (χ0v) is 14.7. The van der Waals surface area contributed by atoms with Crippen molar-refractivity contribution in [3.63, 3.8) is 0 Å². The van der Waals surface area contributed by atoms with Crippen molar-refractivity contribution >= 4 is 33.0 Å². The van der Waals surface area contributed by atoms with E-state index < -0.39 is 9.84 Å². The van der Waals surface area contributed by atoms with E-state index >= 15 is 0 Å². The van der Waals surface area contributed by atoms with Gasteiger partial charge in [-0.3, -0.25) is 9.79 Å². The summed E-state index contributed by atoms with van der Waals surface area (Å²) in [6.07, 6.45) is 2.79. The Morgan fingerprint density at radius 2 is 1.54 bits per heavy atom. The number of hydrogen-bond donors (Lipinski definition) is 0. The van der Waals surface area contributed by atoms with E-state index in [1.54, 1.807) is 25.4 Å². The Morgan fingerprint density at radius 3 is 2.00 bits per heavy atom. The number of carbonyl (C=O) groups is 1. The predicted octanol–water partition coefficient (Wildman–Crippen LogP) is 3.29. The van der Waals surface area contributed by atoms with E-state index in [0.29, 0.717) is 11.1 Å². The van der Waals surface area contributed by atoms with Crippen LogP contribution in [0.1, 0.15) is 18.1 Å². The molecule has 0 saturated carbocycles. The molecule has 5 heteroatoms. The first kappa shape index (κ1) is 17.8. The smallest absolute Gasteiger partial charge is 0.175 e. The Labute approximate surface area is 142 Å². The zero-order valence-electron chi connectivity index (χ0n) is 13.9. The molecular formula is C19H19NO3S. The maximum Gasteiger partial charge on any atom is 0.175 e. The lowest BCUT2D eigenvalue weighted by Gasteiger charge is -2.11. The largest absolute Gasteiger partial charge is 0.296 e. The lowest BCUT2D eigenvalue weighted by Crippen LogP contribution is -2.03. The summed E-state index contributed by atoms with van der Waals surface area (Å²) < 4.78 is 23.2. The molecule has 0 aromatic heterocycles. The van der Waals surface area contributed by atoms with Crippen molar-refractivity contribution < 1.29 is 13.2 Å². The van der Waals surface area contributed by atoms with E-state index in [-0.39, 0.29) is 10.7 Å². The summed E-state index contributed by atoms with van der Waals surface area (Å²) in [5, 5.41) is 0. The molecule has 0 N–H and O–H groups in total. The lowest BCUT2D eigenvalue weighted by atomic mass is 9.93. The number of benzene rings is 2. The van der Waals surface area contributed by atoms with E-state index in [0.717, 1.165) is 17.4 Å². The van der Waals surface area contributed by atoms with Crippen molar-refractivity contribution in [3.05, 3.63) is 65.7 Å². The number of allylic oxidation sites excluding steroid dienone is 2. The van der Waals surface area contributed by atoms with Crippen molar-refractivity contribution in [2.45, 2.75) is 11.8 Å². The summed E-state index contributed by atoms with van der Waals surface area (Å²) in [6.45, 7) is 1.51. The molecule has 0 aliphatic heterocycles. The van der Waals surface area contributed by atoms with Crippen LogP contribution < -0.4 is 0 Å². The van der Waals surface area contributed by atoms with Gasteiger partial charge in [-0.05, 0) is 30.2 Å². The van der Waals surface area contributed by atoms with Crippen molar-refractivity contribution in [1.29, 1.82) is 0 Å². The first-order valence-electron chi connectivity index (χ1n) is 7.38. The fourth-order valence-corrected chi connectivity index (χ4v) is 3.08. The molecule has 0 radical (unpaired) electrons. The molecule has 0 fully saturated rings. The van der Waals surface area contributed by atoms with Crippen LogP contribution in [0.4, 0.5) is 0 Å². The molecule has 0 bridgehead atoms. The highest BCUT2D eigenvalue weighted by Gasteiger charge is 2.15. The second-order valence-corrected chi connectivity index (χ2v) is 7.41. The Kier molecular flexibility index (Phi) is 5.46. The summed E-state index contributed by atoms with van der Waals surface area (Å²) >= 11 is 0. The van der Waals surface area contributed by atoms with Crippen molar-refractivity contribution in [1.82, 2.24) is 0 Å². The summed E-state index contributed by atoms with van der Waals surface area (Å²) in [4.78, 5) is 16.5. The molecule has 0 spiro atoms. The van der Waals surface area contributed by atoms with Gasteiger partial charge in [0.1, 0.15) is 0 Å². The highest BCUT2D eigenvalue weighted by atomic mass is 32.2. The highest BCUT2D eigenvalue weighted by molar-refractivity contribution is 7.90. The van der Waals surface area contributed by atoms with Crippen LogP contribution in [-0.2, 0) is 14.6 Å². The number of nitrogens with zero attached hydrogens (tertiary/aromatic N) is 1. The molecule has 2 aromatic carbocycles. The number of aliphatic imine (C=N–C) groups is 1. The Balaban J connectivity index is 2.68. The third-order valence-corrected chi connectivity index (χ3v) is 4.66. The number of sulfone groups is 1. The average Bonchev–Trinajstić information content (AvgIpc) is 2.54. The standard InChI is InChI=1S/C19H19NO3S/c1-14(21)19(16-7-5-4-6-8-16)18(13-20-2)15-9-11-17(12-10-15)24(3,22)23/h4-13H,1-3H3/b19-18-,20-13?. The molecule has 2 rings (SSSR count). The SMILES string of the molecule is CN=C/C(=C(\C(C)=O)c1ccccc1)c1ccc(S(C)(=O)=O)cc1. The number of ketones is 1. The summed E-state index contributed by atoms with van der Waals surface area (Å²) in [5.74, 6) is -0.0803. The Morgan fingerprint density at radius 1 is 0.958 bits per heavy atom. The van der Waals surface area contributed by atoms with Gasteiger partial charge in [0.25, 0.3) is 0 Å². The summed E-state index contributed by atoms with van der Waals surface area (Å²) in [7, 11) is -1.63. The van der Waals surface area contributed by atoms with E-state index in [1.165, 1.54) is 19.1 Å². The first-order valence-corrected chi connectivity index (χ1v) is 9.27. The molecule has 0 heterocycles. The molecular weight excluding hydrogens is 322 g/mol. The maximum absolute atomic E-state index is 12.2. The van der Waals surface area contributed by atoms with Gasteiger partial charge in [0.2, 0.25) is 0 Å². The van der Waals surface area contributed by atoms with E-state index in [2.05, 4.69) is 4.99 Å². The van der Waals surface area contributed by atoms with Crippen LogP contribution in [-0.4, -0.2) is 33.7 Å². The van der Waals surface area contributed by atoms with Crippen LogP contribution in [0.25, 0.3) is 11.1 Å². The number of Topliss-reactive ketones (excluding diaryl/α,β-unsaturated/α-hetero) is 1. The molecule has 0 saturated heterocycles. The van der Waals surface area contributed by atoms with E-state index in [1.807, 2.05) is 30.3 Å². The van der Waals surface area contributed by atoms with Gasteiger partial charge in [0, 0.05) is 30.7 Å². The number of rotatable bonds is 5.